The lowest BCUT2D eigenvalue weighted by Crippen LogP contribution is -2.49. The summed E-state index contributed by atoms with van der Waals surface area (Å²) in [6.07, 6.45) is -1.30. The molecule has 1 aromatic rings. The van der Waals surface area contributed by atoms with Crippen LogP contribution in [-0.2, 0) is 0 Å². The van der Waals surface area contributed by atoms with Crippen LogP contribution in [0.5, 0.6) is 5.75 Å². The normalized spacial score (nSPS) is 22.0. The second kappa shape index (κ2) is 6.03. The molecule has 2 nitrogen and oxygen atoms in total. The molecule has 6 heteroatoms. The van der Waals surface area contributed by atoms with Crippen LogP contribution >= 0.6 is 11.6 Å². The van der Waals surface area contributed by atoms with Gasteiger partial charge in [0, 0.05) is 17.7 Å². The SMILES string of the molecule is CCC(C)Nc1cc2c(cc1Cl)C=CC(CC)(C(F)(F)F)O2. The minimum Gasteiger partial charge on any atom is -0.473 e. The molecule has 0 saturated heterocycles. The summed E-state index contributed by atoms with van der Waals surface area (Å²) >= 11 is 6.18. The second-order valence-electron chi connectivity index (χ2n) is 5.50. The van der Waals surface area contributed by atoms with E-state index in [1.807, 2.05) is 13.8 Å². The summed E-state index contributed by atoms with van der Waals surface area (Å²) in [6, 6.07) is 3.32. The largest absolute Gasteiger partial charge is 0.473 e. The van der Waals surface area contributed by atoms with E-state index in [0.29, 0.717) is 16.3 Å². The van der Waals surface area contributed by atoms with Crippen LogP contribution in [0.15, 0.2) is 18.2 Å². The van der Waals surface area contributed by atoms with Crippen molar-refractivity contribution in [3.63, 3.8) is 0 Å². The molecule has 22 heavy (non-hydrogen) atoms. The quantitative estimate of drug-likeness (QED) is 0.766. The van der Waals surface area contributed by atoms with Crippen LogP contribution in [0.1, 0.15) is 39.2 Å². The highest BCUT2D eigenvalue weighted by atomic mass is 35.5. The molecule has 1 aliphatic heterocycles. The molecule has 2 unspecified atom stereocenters. The average molecular weight is 334 g/mol. The fraction of sp³-hybridized carbons (Fsp3) is 0.500. The summed E-state index contributed by atoms with van der Waals surface area (Å²) in [4.78, 5) is 0. The first kappa shape index (κ1) is 17.0. The number of fused-ring (bicyclic) bond motifs is 1. The molecule has 0 radical (unpaired) electrons. The molecule has 1 aliphatic rings. The van der Waals surface area contributed by atoms with E-state index in [0.717, 1.165) is 12.5 Å². The van der Waals surface area contributed by atoms with Gasteiger partial charge in [-0.1, -0.05) is 31.5 Å². The summed E-state index contributed by atoms with van der Waals surface area (Å²) < 4.78 is 45.3. The van der Waals surface area contributed by atoms with Gasteiger partial charge in [-0.25, -0.2) is 0 Å². The molecule has 0 amide bonds. The van der Waals surface area contributed by atoms with Gasteiger partial charge in [0.05, 0.1) is 10.7 Å². The molecule has 0 saturated carbocycles. The van der Waals surface area contributed by atoms with Crippen molar-refractivity contribution in [2.75, 3.05) is 5.32 Å². The smallest absolute Gasteiger partial charge is 0.432 e. The molecule has 0 aliphatic carbocycles. The van der Waals surface area contributed by atoms with Gasteiger partial charge in [-0.2, -0.15) is 13.2 Å². The van der Waals surface area contributed by atoms with Crippen molar-refractivity contribution in [1.29, 1.82) is 0 Å². The maximum Gasteiger partial charge on any atom is 0.432 e. The summed E-state index contributed by atoms with van der Waals surface area (Å²) in [7, 11) is 0. The van der Waals surface area contributed by atoms with Crippen molar-refractivity contribution in [3.8, 4) is 5.75 Å². The summed E-state index contributed by atoms with van der Waals surface area (Å²) in [5, 5.41) is 3.64. The van der Waals surface area contributed by atoms with Gasteiger partial charge >= 0.3 is 6.18 Å². The van der Waals surface area contributed by atoms with E-state index in [9.17, 15) is 13.2 Å². The van der Waals surface area contributed by atoms with Crippen molar-refractivity contribution < 1.29 is 17.9 Å². The first-order chi connectivity index (χ1) is 10.2. The summed E-state index contributed by atoms with van der Waals surface area (Å²) in [5.74, 6) is 0.192. The standard InChI is InChI=1S/C16H19ClF3NO/c1-4-10(3)21-13-9-14-11(8-12(13)17)6-7-15(5-2,22-14)16(18,19)20/h6-10,21H,4-5H2,1-3H3. The number of alkyl halides is 3. The third kappa shape index (κ3) is 3.05. The van der Waals surface area contributed by atoms with Crippen LogP contribution in [0.4, 0.5) is 18.9 Å². The average Bonchev–Trinajstić information content (AvgIpc) is 2.46. The van der Waals surface area contributed by atoms with Gasteiger partial charge in [0.15, 0.2) is 0 Å². The zero-order chi connectivity index (χ0) is 16.5. The number of halogens is 4. The summed E-state index contributed by atoms with van der Waals surface area (Å²) in [6.45, 7) is 5.44. The van der Waals surface area contributed by atoms with E-state index in [1.165, 1.54) is 13.0 Å². The number of rotatable bonds is 4. The van der Waals surface area contributed by atoms with Gasteiger partial charge in [0.2, 0.25) is 5.60 Å². The van der Waals surface area contributed by atoms with E-state index in [1.54, 1.807) is 12.1 Å². The van der Waals surface area contributed by atoms with Crippen LogP contribution in [0.25, 0.3) is 6.08 Å². The first-order valence-electron chi connectivity index (χ1n) is 7.27. The maximum absolute atomic E-state index is 13.3. The van der Waals surface area contributed by atoms with E-state index in [4.69, 9.17) is 16.3 Å². The fourth-order valence-corrected chi connectivity index (χ4v) is 2.49. The topological polar surface area (TPSA) is 21.3 Å². The number of hydrogen-bond acceptors (Lipinski definition) is 2. The molecule has 1 heterocycles. The van der Waals surface area contributed by atoms with Crippen LogP contribution in [0.2, 0.25) is 5.02 Å². The first-order valence-corrected chi connectivity index (χ1v) is 7.65. The molecule has 2 rings (SSSR count). The molecular weight excluding hydrogens is 315 g/mol. The van der Waals surface area contributed by atoms with Gasteiger partial charge in [0.25, 0.3) is 0 Å². The van der Waals surface area contributed by atoms with E-state index >= 15 is 0 Å². The Balaban J connectivity index is 2.40. The fourth-order valence-electron chi connectivity index (χ4n) is 2.26. The zero-order valence-electron chi connectivity index (χ0n) is 12.7. The number of hydrogen-bond donors (Lipinski definition) is 1. The Morgan fingerprint density at radius 1 is 1.32 bits per heavy atom. The molecule has 0 spiro atoms. The molecule has 122 valence electrons. The highest BCUT2D eigenvalue weighted by Crippen LogP contribution is 2.45. The Kier molecular flexibility index (Phi) is 4.66. The molecule has 2 atom stereocenters. The maximum atomic E-state index is 13.3. The lowest BCUT2D eigenvalue weighted by atomic mass is 9.94. The lowest BCUT2D eigenvalue weighted by Gasteiger charge is -2.36. The molecule has 0 bridgehead atoms. The molecule has 0 fully saturated rings. The minimum absolute atomic E-state index is 0.160. The van der Waals surface area contributed by atoms with Crippen molar-refractivity contribution in [2.45, 2.75) is 51.4 Å². The van der Waals surface area contributed by atoms with Gasteiger partial charge in [-0.3, -0.25) is 0 Å². The van der Waals surface area contributed by atoms with E-state index < -0.39 is 11.8 Å². The van der Waals surface area contributed by atoms with Crippen LogP contribution < -0.4 is 10.1 Å². The highest BCUT2D eigenvalue weighted by molar-refractivity contribution is 6.33. The van der Waals surface area contributed by atoms with Gasteiger partial charge in [-0.05, 0) is 31.9 Å². The number of anilines is 1. The van der Waals surface area contributed by atoms with Crippen LogP contribution in [0, 0.1) is 0 Å². The Hall–Kier alpha value is -1.36. The predicted octanol–water partition coefficient (Wildman–Crippen LogP) is 5.67. The van der Waals surface area contributed by atoms with Crippen molar-refractivity contribution >= 4 is 23.4 Å². The van der Waals surface area contributed by atoms with Crippen molar-refractivity contribution in [1.82, 2.24) is 0 Å². The Labute approximate surface area is 133 Å². The Morgan fingerprint density at radius 2 is 2.00 bits per heavy atom. The van der Waals surface area contributed by atoms with Crippen LogP contribution in [-0.4, -0.2) is 17.8 Å². The number of benzene rings is 1. The summed E-state index contributed by atoms with van der Waals surface area (Å²) in [5.41, 5.74) is -1.15. The zero-order valence-corrected chi connectivity index (χ0v) is 13.5. The molecular formula is C16H19ClF3NO. The number of ether oxygens (including phenoxy) is 1. The number of nitrogens with one attached hydrogen (secondary N) is 1. The van der Waals surface area contributed by atoms with Gasteiger partial charge in [-0.15, -0.1) is 0 Å². The Bertz CT molecular complexity index is 585. The third-order valence-corrected chi connectivity index (χ3v) is 4.26. The predicted molar refractivity (Wildman–Crippen MR) is 83.6 cm³/mol. The van der Waals surface area contributed by atoms with E-state index in [2.05, 4.69) is 5.32 Å². The van der Waals surface area contributed by atoms with E-state index in [-0.39, 0.29) is 18.2 Å². The lowest BCUT2D eigenvalue weighted by molar-refractivity contribution is -0.230. The molecule has 1 N–H and O–H groups in total. The van der Waals surface area contributed by atoms with Gasteiger partial charge in [0.1, 0.15) is 5.75 Å². The van der Waals surface area contributed by atoms with Crippen molar-refractivity contribution in [3.05, 3.63) is 28.8 Å². The monoisotopic (exact) mass is 333 g/mol. The second-order valence-corrected chi connectivity index (χ2v) is 5.91. The Morgan fingerprint density at radius 3 is 2.55 bits per heavy atom. The molecule has 0 aromatic heterocycles. The minimum atomic E-state index is -4.47. The van der Waals surface area contributed by atoms with Crippen LogP contribution in [0.3, 0.4) is 0 Å². The highest BCUT2D eigenvalue weighted by Gasteiger charge is 2.55. The third-order valence-electron chi connectivity index (χ3n) is 3.94. The van der Waals surface area contributed by atoms with Crippen molar-refractivity contribution in [2.24, 2.45) is 0 Å². The van der Waals surface area contributed by atoms with Gasteiger partial charge < -0.3 is 10.1 Å². The molecule has 1 aromatic carbocycles.